The molecule has 0 spiro atoms. The van der Waals surface area contributed by atoms with Gasteiger partial charge in [-0.1, -0.05) is 39.0 Å². The van der Waals surface area contributed by atoms with Crippen LogP contribution in [0.3, 0.4) is 0 Å². The van der Waals surface area contributed by atoms with Crippen molar-refractivity contribution in [3.05, 3.63) is 29.8 Å². The van der Waals surface area contributed by atoms with Crippen LogP contribution in [0, 0.1) is 11.3 Å². The second kappa shape index (κ2) is 9.28. The van der Waals surface area contributed by atoms with E-state index < -0.39 is 12.6 Å². The Balaban J connectivity index is 1.55. The highest BCUT2D eigenvalue weighted by molar-refractivity contribution is 5.55. The van der Waals surface area contributed by atoms with Gasteiger partial charge in [-0.15, -0.1) is 0 Å². The maximum Gasteiger partial charge on any atom is 0.389 e. The summed E-state index contributed by atoms with van der Waals surface area (Å²) in [4.78, 5) is 4.63. The molecule has 1 saturated carbocycles. The third-order valence-electron chi connectivity index (χ3n) is 6.98. The summed E-state index contributed by atoms with van der Waals surface area (Å²) in [7, 11) is 0. The van der Waals surface area contributed by atoms with Gasteiger partial charge in [-0.05, 0) is 67.5 Å². The lowest BCUT2D eigenvalue weighted by atomic mass is 9.68. The molecule has 29 heavy (non-hydrogen) atoms. The molecule has 1 aromatic carbocycles. The number of rotatable bonds is 5. The van der Waals surface area contributed by atoms with Gasteiger partial charge in [-0.3, -0.25) is 4.90 Å². The monoisotopic (exact) mass is 410 g/mol. The van der Waals surface area contributed by atoms with Gasteiger partial charge in [0.05, 0.1) is 0 Å². The van der Waals surface area contributed by atoms with E-state index in [0.717, 1.165) is 32.1 Å². The molecule has 1 aliphatic heterocycles. The Morgan fingerprint density at radius 3 is 2.10 bits per heavy atom. The summed E-state index contributed by atoms with van der Waals surface area (Å²) in [6.07, 6.45) is 0.620. The van der Waals surface area contributed by atoms with E-state index in [9.17, 15) is 13.2 Å². The maximum absolute atomic E-state index is 12.4. The summed E-state index contributed by atoms with van der Waals surface area (Å²) in [6, 6.07) is 8.81. The van der Waals surface area contributed by atoms with Crippen molar-refractivity contribution in [3.63, 3.8) is 0 Å². The lowest BCUT2D eigenvalue weighted by molar-refractivity contribution is -0.136. The van der Waals surface area contributed by atoms with E-state index in [1.54, 1.807) is 0 Å². The smallest absolute Gasteiger partial charge is 0.369 e. The molecule has 2 fully saturated rings. The predicted molar refractivity (Wildman–Crippen MR) is 115 cm³/mol. The molecule has 2 nitrogen and oxygen atoms in total. The SMILES string of the molecule is CC(C)(C)C1CCC(c2ccccc2N2CCN(CCCC(F)(F)F)CC2)CC1. The van der Waals surface area contributed by atoms with Crippen LogP contribution in [-0.2, 0) is 0 Å². The Morgan fingerprint density at radius 1 is 0.897 bits per heavy atom. The number of piperazine rings is 1. The minimum Gasteiger partial charge on any atom is -0.369 e. The van der Waals surface area contributed by atoms with Gasteiger partial charge in [0.15, 0.2) is 0 Å². The summed E-state index contributed by atoms with van der Waals surface area (Å²) in [6.45, 7) is 11.1. The number of anilines is 1. The van der Waals surface area contributed by atoms with Crippen LogP contribution in [-0.4, -0.2) is 43.8 Å². The molecular weight excluding hydrogens is 373 g/mol. The average molecular weight is 411 g/mol. The van der Waals surface area contributed by atoms with E-state index in [1.807, 2.05) is 0 Å². The zero-order valence-electron chi connectivity index (χ0n) is 18.3. The van der Waals surface area contributed by atoms with E-state index in [2.05, 4.69) is 54.8 Å². The molecule has 0 bridgehead atoms. The minimum atomic E-state index is -4.03. The highest BCUT2D eigenvalue weighted by atomic mass is 19.4. The standard InChI is InChI=1S/C24H37F3N2/c1-23(2,3)20-11-9-19(10-12-20)21-7-4-5-8-22(21)29-17-15-28(16-18-29)14-6-13-24(25,26)27/h4-5,7-8,19-20H,6,9-18H2,1-3H3. The summed E-state index contributed by atoms with van der Waals surface area (Å²) in [5.74, 6) is 1.45. The lowest BCUT2D eigenvalue weighted by Crippen LogP contribution is -2.47. The highest BCUT2D eigenvalue weighted by Crippen LogP contribution is 2.45. The van der Waals surface area contributed by atoms with Crippen LogP contribution in [0.15, 0.2) is 24.3 Å². The lowest BCUT2D eigenvalue weighted by Gasteiger charge is -2.40. The maximum atomic E-state index is 12.4. The van der Waals surface area contributed by atoms with E-state index >= 15 is 0 Å². The van der Waals surface area contributed by atoms with Crippen molar-refractivity contribution in [1.82, 2.24) is 4.90 Å². The van der Waals surface area contributed by atoms with Crippen molar-refractivity contribution in [2.45, 2.75) is 71.4 Å². The van der Waals surface area contributed by atoms with E-state index in [0.29, 0.717) is 17.9 Å². The minimum absolute atomic E-state index is 0.205. The molecule has 1 aromatic rings. The molecule has 0 aromatic heterocycles. The second-order valence-electron chi connectivity index (χ2n) is 10.0. The summed E-state index contributed by atoms with van der Waals surface area (Å²) in [5.41, 5.74) is 3.22. The Morgan fingerprint density at radius 2 is 1.52 bits per heavy atom. The molecule has 0 amide bonds. The topological polar surface area (TPSA) is 6.48 Å². The molecule has 3 rings (SSSR count). The van der Waals surface area contributed by atoms with Crippen molar-refractivity contribution in [2.75, 3.05) is 37.6 Å². The zero-order valence-corrected chi connectivity index (χ0v) is 18.3. The molecule has 1 aliphatic carbocycles. The molecule has 0 atom stereocenters. The first-order valence-corrected chi connectivity index (χ1v) is 11.3. The van der Waals surface area contributed by atoms with Crippen LogP contribution < -0.4 is 4.90 Å². The molecule has 1 heterocycles. The fraction of sp³-hybridized carbons (Fsp3) is 0.750. The Hall–Kier alpha value is -1.23. The van der Waals surface area contributed by atoms with Crippen LogP contribution in [0.4, 0.5) is 18.9 Å². The third kappa shape index (κ3) is 6.37. The van der Waals surface area contributed by atoms with Crippen molar-refractivity contribution in [3.8, 4) is 0 Å². The fourth-order valence-corrected chi connectivity index (χ4v) is 5.11. The Labute approximate surface area is 174 Å². The predicted octanol–water partition coefficient (Wildman–Crippen LogP) is 6.47. The van der Waals surface area contributed by atoms with E-state index in [4.69, 9.17) is 0 Å². The molecule has 2 aliphatic rings. The average Bonchev–Trinajstić information content (AvgIpc) is 2.67. The zero-order chi connectivity index (χ0) is 21.1. The van der Waals surface area contributed by atoms with E-state index in [1.165, 1.54) is 36.9 Å². The third-order valence-corrected chi connectivity index (χ3v) is 6.98. The van der Waals surface area contributed by atoms with Crippen molar-refractivity contribution in [2.24, 2.45) is 11.3 Å². The molecule has 164 valence electrons. The van der Waals surface area contributed by atoms with E-state index in [-0.39, 0.29) is 6.42 Å². The van der Waals surface area contributed by atoms with Crippen LogP contribution in [0.25, 0.3) is 0 Å². The van der Waals surface area contributed by atoms with Gasteiger partial charge in [0.25, 0.3) is 0 Å². The Bertz CT molecular complexity index is 634. The summed E-state index contributed by atoms with van der Waals surface area (Å²) >= 11 is 0. The van der Waals surface area contributed by atoms with Gasteiger partial charge in [0.2, 0.25) is 0 Å². The number of hydrogen-bond acceptors (Lipinski definition) is 2. The molecular formula is C24H37F3N2. The number of halogens is 3. The summed E-state index contributed by atoms with van der Waals surface area (Å²) in [5, 5.41) is 0. The van der Waals surface area contributed by atoms with Crippen LogP contribution in [0.5, 0.6) is 0 Å². The molecule has 1 saturated heterocycles. The molecule has 5 heteroatoms. The van der Waals surface area contributed by atoms with Crippen LogP contribution in [0.1, 0.15) is 70.8 Å². The number of benzene rings is 1. The van der Waals surface area contributed by atoms with Gasteiger partial charge >= 0.3 is 6.18 Å². The first kappa shape index (κ1) is 22.5. The van der Waals surface area contributed by atoms with Crippen molar-refractivity contribution < 1.29 is 13.2 Å². The fourth-order valence-electron chi connectivity index (χ4n) is 5.11. The summed E-state index contributed by atoms with van der Waals surface area (Å²) < 4.78 is 37.1. The van der Waals surface area contributed by atoms with Gasteiger partial charge < -0.3 is 4.90 Å². The van der Waals surface area contributed by atoms with Crippen molar-refractivity contribution in [1.29, 1.82) is 0 Å². The second-order valence-corrected chi connectivity index (χ2v) is 10.0. The largest absolute Gasteiger partial charge is 0.389 e. The quantitative estimate of drug-likeness (QED) is 0.549. The number of alkyl halides is 3. The van der Waals surface area contributed by atoms with Gasteiger partial charge in [0, 0.05) is 38.3 Å². The number of nitrogens with zero attached hydrogens (tertiary/aromatic N) is 2. The van der Waals surface area contributed by atoms with Crippen LogP contribution >= 0.6 is 0 Å². The first-order chi connectivity index (χ1) is 13.6. The normalized spacial score (nSPS) is 24.7. The Kier molecular flexibility index (Phi) is 7.19. The van der Waals surface area contributed by atoms with Gasteiger partial charge in [-0.25, -0.2) is 0 Å². The van der Waals surface area contributed by atoms with Gasteiger partial charge in [0.1, 0.15) is 0 Å². The molecule has 0 N–H and O–H groups in total. The highest BCUT2D eigenvalue weighted by Gasteiger charge is 2.32. The van der Waals surface area contributed by atoms with Crippen molar-refractivity contribution >= 4 is 5.69 Å². The van der Waals surface area contributed by atoms with Gasteiger partial charge in [-0.2, -0.15) is 13.2 Å². The molecule has 0 radical (unpaired) electrons. The van der Waals surface area contributed by atoms with Crippen LogP contribution in [0.2, 0.25) is 0 Å². The molecule has 0 unspecified atom stereocenters. The first-order valence-electron chi connectivity index (χ1n) is 11.3. The number of para-hydroxylation sites is 1. The number of hydrogen-bond donors (Lipinski definition) is 0.